The summed E-state index contributed by atoms with van der Waals surface area (Å²) < 4.78 is 32.6. The van der Waals surface area contributed by atoms with Crippen LogP contribution in [0.4, 0.5) is 0 Å². The van der Waals surface area contributed by atoms with Crippen LogP contribution in [0.2, 0.25) is 10.0 Å². The molecule has 37 heavy (non-hydrogen) atoms. The fraction of sp³-hybridized carbons (Fsp3) is 0.185. The summed E-state index contributed by atoms with van der Waals surface area (Å²) in [6, 6.07) is 19.7. The summed E-state index contributed by atoms with van der Waals surface area (Å²) in [4.78, 5) is 26.8. The number of ketones is 1. The molecule has 1 aliphatic heterocycles. The maximum absolute atomic E-state index is 12.8. The Balaban J connectivity index is 1.26. The zero-order valence-electron chi connectivity index (χ0n) is 19.7. The van der Waals surface area contributed by atoms with Gasteiger partial charge < -0.3 is 9.64 Å². The van der Waals surface area contributed by atoms with E-state index < -0.39 is 10.0 Å². The summed E-state index contributed by atoms with van der Waals surface area (Å²) in [5.74, 6) is 0.0178. The van der Waals surface area contributed by atoms with Crippen LogP contribution >= 0.6 is 23.2 Å². The SMILES string of the molecule is O=C(C=Cc1ccccc1Cl)c1ccc(OCC(=O)N2CCN(S(=O)(=O)c3ccc(Cl)cc3)CC2)cc1. The van der Waals surface area contributed by atoms with E-state index in [4.69, 9.17) is 27.9 Å². The normalized spacial score (nSPS) is 14.6. The standard InChI is InChI=1S/C27H24Cl2N2O5S/c28-22-8-12-24(13-9-22)37(34,35)31-17-15-30(16-18-31)27(33)19-36-23-10-5-21(6-11-23)26(32)14-7-20-3-1-2-4-25(20)29/h1-14H,15-19H2. The van der Waals surface area contributed by atoms with E-state index >= 15 is 0 Å². The minimum absolute atomic E-state index is 0.168. The zero-order valence-corrected chi connectivity index (χ0v) is 22.0. The van der Waals surface area contributed by atoms with Crippen molar-refractivity contribution >= 4 is 51.0 Å². The number of carbonyl (C=O) groups excluding carboxylic acids is 2. The summed E-state index contributed by atoms with van der Waals surface area (Å²) in [6.07, 6.45) is 3.11. The Hall–Kier alpha value is -3.17. The molecule has 3 aromatic rings. The molecule has 10 heteroatoms. The van der Waals surface area contributed by atoms with Gasteiger partial charge in [-0.1, -0.05) is 41.4 Å². The second kappa shape index (κ2) is 11.9. The largest absolute Gasteiger partial charge is 0.484 e. The Bertz CT molecular complexity index is 1400. The molecule has 3 aromatic carbocycles. The molecule has 7 nitrogen and oxygen atoms in total. The van der Waals surface area contributed by atoms with E-state index in [1.54, 1.807) is 41.3 Å². The lowest BCUT2D eigenvalue weighted by molar-refractivity contribution is -0.134. The van der Waals surface area contributed by atoms with Gasteiger partial charge in [0.1, 0.15) is 5.75 Å². The second-order valence-electron chi connectivity index (χ2n) is 8.27. The van der Waals surface area contributed by atoms with Crippen molar-refractivity contribution in [2.45, 2.75) is 4.90 Å². The first-order chi connectivity index (χ1) is 17.7. The second-order valence-corrected chi connectivity index (χ2v) is 11.1. The average molecular weight is 559 g/mol. The van der Waals surface area contributed by atoms with Gasteiger partial charge in [0.15, 0.2) is 12.4 Å². The first-order valence-electron chi connectivity index (χ1n) is 11.5. The molecule has 1 fully saturated rings. The lowest BCUT2D eigenvalue weighted by atomic mass is 10.1. The van der Waals surface area contributed by atoms with Gasteiger partial charge in [0, 0.05) is 41.8 Å². The zero-order chi connectivity index (χ0) is 26.4. The molecule has 0 bridgehead atoms. The van der Waals surface area contributed by atoms with Gasteiger partial charge in [-0.25, -0.2) is 8.42 Å². The molecule has 1 amide bonds. The van der Waals surface area contributed by atoms with Gasteiger partial charge >= 0.3 is 0 Å². The Morgan fingerprint density at radius 3 is 2.16 bits per heavy atom. The third-order valence-electron chi connectivity index (χ3n) is 5.86. The molecule has 0 spiro atoms. The number of halogens is 2. The fourth-order valence-corrected chi connectivity index (χ4v) is 5.50. The van der Waals surface area contributed by atoms with E-state index in [0.29, 0.717) is 21.4 Å². The summed E-state index contributed by atoms with van der Waals surface area (Å²) in [7, 11) is -3.65. The molecule has 192 valence electrons. The molecule has 0 N–H and O–H groups in total. The predicted molar refractivity (Wildman–Crippen MR) is 144 cm³/mol. The Morgan fingerprint density at radius 2 is 1.51 bits per heavy atom. The Morgan fingerprint density at radius 1 is 0.865 bits per heavy atom. The molecule has 0 aromatic heterocycles. The molecule has 0 unspecified atom stereocenters. The fourth-order valence-electron chi connectivity index (χ4n) is 3.76. The number of allylic oxidation sites excluding steroid dienone is 1. The van der Waals surface area contributed by atoms with E-state index in [-0.39, 0.29) is 49.4 Å². The van der Waals surface area contributed by atoms with E-state index in [0.717, 1.165) is 5.56 Å². The molecule has 1 aliphatic rings. The van der Waals surface area contributed by atoms with Crippen LogP contribution in [-0.4, -0.2) is 62.1 Å². The molecule has 0 atom stereocenters. The molecular formula is C27H24Cl2N2O5S. The van der Waals surface area contributed by atoms with Gasteiger partial charge in [-0.2, -0.15) is 4.31 Å². The van der Waals surface area contributed by atoms with Crippen LogP contribution in [0, 0.1) is 0 Å². The number of amides is 1. The van der Waals surface area contributed by atoms with Crippen molar-refractivity contribution in [2.75, 3.05) is 32.8 Å². The maximum Gasteiger partial charge on any atom is 0.260 e. The lowest BCUT2D eigenvalue weighted by Gasteiger charge is -2.34. The molecular weight excluding hydrogens is 535 g/mol. The highest BCUT2D eigenvalue weighted by molar-refractivity contribution is 7.89. The summed E-state index contributed by atoms with van der Waals surface area (Å²) in [6.45, 7) is 0.717. The Kier molecular flexibility index (Phi) is 8.66. The minimum atomic E-state index is -3.65. The predicted octanol–water partition coefficient (Wildman–Crippen LogP) is 4.80. The van der Waals surface area contributed by atoms with E-state index in [2.05, 4.69) is 0 Å². The van der Waals surface area contributed by atoms with Crippen LogP contribution in [0.5, 0.6) is 5.75 Å². The number of piperazine rings is 1. The lowest BCUT2D eigenvalue weighted by Crippen LogP contribution is -2.51. The van der Waals surface area contributed by atoms with Crippen molar-refractivity contribution < 1.29 is 22.7 Å². The minimum Gasteiger partial charge on any atom is -0.484 e. The third-order valence-corrected chi connectivity index (χ3v) is 8.37. The Labute approximate surface area is 225 Å². The van der Waals surface area contributed by atoms with Crippen LogP contribution in [0.25, 0.3) is 6.08 Å². The van der Waals surface area contributed by atoms with Gasteiger partial charge in [0.05, 0.1) is 4.90 Å². The van der Waals surface area contributed by atoms with Gasteiger partial charge in [-0.15, -0.1) is 0 Å². The number of sulfonamides is 1. The van der Waals surface area contributed by atoms with Crippen LogP contribution in [0.1, 0.15) is 15.9 Å². The quantitative estimate of drug-likeness (QED) is 0.293. The highest BCUT2D eigenvalue weighted by atomic mass is 35.5. The van der Waals surface area contributed by atoms with E-state index in [1.165, 1.54) is 34.6 Å². The van der Waals surface area contributed by atoms with Crippen LogP contribution in [0.3, 0.4) is 0 Å². The van der Waals surface area contributed by atoms with Crippen molar-refractivity contribution in [2.24, 2.45) is 0 Å². The average Bonchev–Trinajstić information content (AvgIpc) is 2.91. The molecule has 0 radical (unpaired) electrons. The highest BCUT2D eigenvalue weighted by Crippen LogP contribution is 2.21. The van der Waals surface area contributed by atoms with Gasteiger partial charge in [-0.05, 0) is 72.3 Å². The van der Waals surface area contributed by atoms with Crippen molar-refractivity contribution in [1.82, 2.24) is 9.21 Å². The number of benzene rings is 3. The highest BCUT2D eigenvalue weighted by Gasteiger charge is 2.30. The van der Waals surface area contributed by atoms with Gasteiger partial charge in [-0.3, -0.25) is 9.59 Å². The molecule has 1 heterocycles. The summed E-state index contributed by atoms with van der Waals surface area (Å²) in [5.41, 5.74) is 1.22. The first-order valence-corrected chi connectivity index (χ1v) is 13.7. The number of carbonyl (C=O) groups is 2. The smallest absolute Gasteiger partial charge is 0.260 e. The van der Waals surface area contributed by atoms with Crippen molar-refractivity contribution in [1.29, 1.82) is 0 Å². The third kappa shape index (κ3) is 6.78. The number of hydrogen-bond acceptors (Lipinski definition) is 5. The molecule has 4 rings (SSSR count). The number of hydrogen-bond donors (Lipinski definition) is 0. The van der Waals surface area contributed by atoms with Crippen LogP contribution < -0.4 is 4.74 Å². The summed E-state index contributed by atoms with van der Waals surface area (Å²) in [5, 5.41) is 1.02. The van der Waals surface area contributed by atoms with Gasteiger partial charge in [0.2, 0.25) is 10.0 Å². The first kappa shape index (κ1) is 26.9. The van der Waals surface area contributed by atoms with E-state index in [1.807, 2.05) is 18.2 Å². The van der Waals surface area contributed by atoms with Crippen LogP contribution in [-0.2, 0) is 14.8 Å². The van der Waals surface area contributed by atoms with Crippen molar-refractivity contribution in [3.8, 4) is 5.75 Å². The maximum atomic E-state index is 12.8. The molecule has 1 saturated heterocycles. The monoisotopic (exact) mass is 558 g/mol. The van der Waals surface area contributed by atoms with Crippen molar-refractivity contribution in [3.05, 3.63) is 100 Å². The topological polar surface area (TPSA) is 84.0 Å². The van der Waals surface area contributed by atoms with Crippen LogP contribution in [0.15, 0.2) is 83.8 Å². The molecule has 0 saturated carbocycles. The number of rotatable bonds is 8. The van der Waals surface area contributed by atoms with Crippen molar-refractivity contribution in [3.63, 3.8) is 0 Å². The number of ether oxygens (including phenoxy) is 1. The van der Waals surface area contributed by atoms with E-state index in [9.17, 15) is 18.0 Å². The summed E-state index contributed by atoms with van der Waals surface area (Å²) >= 11 is 12.0. The number of nitrogens with zero attached hydrogens (tertiary/aromatic N) is 2. The molecule has 0 aliphatic carbocycles. The van der Waals surface area contributed by atoms with Gasteiger partial charge in [0.25, 0.3) is 5.91 Å².